The molecule has 0 aliphatic rings. The number of hydrogen-bond acceptors (Lipinski definition) is 4. The van der Waals surface area contributed by atoms with Crippen molar-refractivity contribution in [2.45, 2.75) is 0 Å². The standard InChI is InChI=1S/C50H26O2S2/c1-5-13-43-29(9-1)35-19-17-33-39(41-25-53-45-15-7-3-11-31(41)45)23-27-22-38-28(21-37(27)47(33)49(35)51-43)24-40(42-26-54-46-16-8-4-12-32(42)46)34-18-20-36-30-10-2-6-14-44(30)52-50(36)48(34)38/h1-26H. The fraction of sp³-hybridized carbons (Fsp3) is 0. The van der Waals surface area contributed by atoms with Crippen molar-refractivity contribution in [2.75, 3.05) is 0 Å². The summed E-state index contributed by atoms with van der Waals surface area (Å²) in [7, 11) is 0. The molecular formula is C50H26O2S2. The predicted octanol–water partition coefficient (Wildman–Crippen LogP) is 15.9. The SMILES string of the molecule is c1ccc2c(c1)oc1c2ccc2c(-c3csc4ccccc34)cc3cc4c(cc(-c5csc6ccccc56)c5ccc6c7ccccc7oc6c54)cc3c21. The summed E-state index contributed by atoms with van der Waals surface area (Å²) in [4.78, 5) is 0. The van der Waals surface area contributed by atoms with Crippen LogP contribution in [0.25, 0.3) is 129 Å². The summed E-state index contributed by atoms with van der Waals surface area (Å²) >= 11 is 3.61. The van der Waals surface area contributed by atoms with E-state index in [9.17, 15) is 0 Å². The van der Waals surface area contributed by atoms with Gasteiger partial charge in [-0.3, -0.25) is 0 Å². The number of fused-ring (bicyclic) bond motifs is 16. The molecule has 13 rings (SSSR count). The summed E-state index contributed by atoms with van der Waals surface area (Å²) in [5, 5.41) is 21.2. The highest BCUT2D eigenvalue weighted by molar-refractivity contribution is 7.18. The van der Waals surface area contributed by atoms with Gasteiger partial charge >= 0.3 is 0 Å². The Morgan fingerprint density at radius 1 is 0.315 bits per heavy atom. The molecule has 0 atom stereocenters. The Balaban J connectivity index is 1.25. The van der Waals surface area contributed by atoms with E-state index in [1.54, 1.807) is 22.7 Å². The number of hydrogen-bond donors (Lipinski definition) is 0. The molecule has 4 aromatic heterocycles. The first kappa shape index (κ1) is 29.0. The van der Waals surface area contributed by atoms with Crippen LogP contribution in [0, 0.1) is 0 Å². The van der Waals surface area contributed by atoms with E-state index in [1.807, 2.05) is 0 Å². The second-order valence-electron chi connectivity index (χ2n) is 14.4. The van der Waals surface area contributed by atoms with Crippen molar-refractivity contribution in [3.8, 4) is 22.3 Å². The van der Waals surface area contributed by atoms with Crippen LogP contribution in [-0.4, -0.2) is 0 Å². The number of thiophene rings is 2. The molecule has 4 heteroatoms. The lowest BCUT2D eigenvalue weighted by atomic mass is 9.87. The van der Waals surface area contributed by atoms with E-state index in [0.29, 0.717) is 0 Å². The third kappa shape index (κ3) is 3.83. The van der Waals surface area contributed by atoms with Crippen LogP contribution >= 0.6 is 22.7 Å². The molecular weight excluding hydrogens is 697 g/mol. The molecule has 0 amide bonds. The Kier molecular flexibility index (Phi) is 5.69. The van der Waals surface area contributed by atoms with Gasteiger partial charge in [-0.25, -0.2) is 0 Å². The number of furan rings is 2. The molecule has 9 aromatic carbocycles. The van der Waals surface area contributed by atoms with Crippen molar-refractivity contribution in [1.29, 1.82) is 0 Å². The molecule has 0 fully saturated rings. The van der Waals surface area contributed by atoms with E-state index >= 15 is 0 Å². The maximum Gasteiger partial charge on any atom is 0.143 e. The topological polar surface area (TPSA) is 26.3 Å². The van der Waals surface area contributed by atoms with E-state index in [-0.39, 0.29) is 0 Å². The largest absolute Gasteiger partial charge is 0.455 e. The molecule has 0 N–H and O–H groups in total. The molecule has 2 nitrogen and oxygen atoms in total. The monoisotopic (exact) mass is 722 g/mol. The molecule has 0 saturated carbocycles. The normalized spacial score (nSPS) is 12.4. The maximum absolute atomic E-state index is 6.83. The molecule has 0 bridgehead atoms. The molecule has 0 radical (unpaired) electrons. The van der Waals surface area contributed by atoms with Crippen LogP contribution in [0.4, 0.5) is 0 Å². The number of para-hydroxylation sites is 2. The summed E-state index contributed by atoms with van der Waals surface area (Å²) in [5.74, 6) is 0. The molecule has 0 unspecified atom stereocenters. The Morgan fingerprint density at radius 2 is 0.722 bits per heavy atom. The van der Waals surface area contributed by atoms with Gasteiger partial charge in [-0.05, 0) is 115 Å². The van der Waals surface area contributed by atoms with Gasteiger partial charge in [0, 0.05) is 63.6 Å². The van der Waals surface area contributed by atoms with Crippen molar-refractivity contribution in [3.63, 3.8) is 0 Å². The highest BCUT2D eigenvalue weighted by atomic mass is 32.1. The van der Waals surface area contributed by atoms with Gasteiger partial charge in [-0.2, -0.15) is 0 Å². The average Bonchev–Trinajstić information content (AvgIpc) is 4.02. The lowest BCUT2D eigenvalue weighted by Gasteiger charge is -2.15. The zero-order valence-corrected chi connectivity index (χ0v) is 30.3. The van der Waals surface area contributed by atoms with E-state index in [1.165, 1.54) is 74.7 Å². The summed E-state index contributed by atoms with van der Waals surface area (Å²) in [5.41, 5.74) is 8.63. The first-order valence-corrected chi connectivity index (χ1v) is 20.0. The zero-order chi connectivity index (χ0) is 35.1. The van der Waals surface area contributed by atoms with Gasteiger partial charge in [0.15, 0.2) is 0 Å². The average molecular weight is 723 g/mol. The van der Waals surface area contributed by atoms with Crippen LogP contribution in [0.3, 0.4) is 0 Å². The van der Waals surface area contributed by atoms with E-state index in [0.717, 1.165) is 54.6 Å². The molecule has 0 aliphatic heterocycles. The first-order chi connectivity index (χ1) is 26.8. The lowest BCUT2D eigenvalue weighted by molar-refractivity contribution is 0.672. The molecule has 0 saturated heterocycles. The Morgan fingerprint density at radius 3 is 1.20 bits per heavy atom. The van der Waals surface area contributed by atoms with E-state index < -0.39 is 0 Å². The number of benzene rings is 9. The minimum atomic E-state index is 0.908. The second-order valence-corrected chi connectivity index (χ2v) is 16.2. The zero-order valence-electron chi connectivity index (χ0n) is 28.6. The van der Waals surface area contributed by atoms with Crippen LogP contribution in [0.2, 0.25) is 0 Å². The van der Waals surface area contributed by atoms with Crippen molar-refractivity contribution in [2.24, 2.45) is 0 Å². The highest BCUT2D eigenvalue weighted by Crippen LogP contribution is 2.49. The summed E-state index contributed by atoms with van der Waals surface area (Å²) in [6, 6.07) is 53.0. The van der Waals surface area contributed by atoms with Gasteiger partial charge < -0.3 is 8.83 Å². The van der Waals surface area contributed by atoms with Crippen molar-refractivity contribution >= 4 is 130 Å². The molecule has 250 valence electrons. The van der Waals surface area contributed by atoms with Crippen LogP contribution in [0.1, 0.15) is 0 Å². The van der Waals surface area contributed by atoms with Crippen LogP contribution in [-0.2, 0) is 0 Å². The second kappa shape index (κ2) is 10.6. The summed E-state index contributed by atoms with van der Waals surface area (Å²) in [6.45, 7) is 0. The fourth-order valence-electron chi connectivity index (χ4n) is 9.15. The minimum absolute atomic E-state index is 0.908. The minimum Gasteiger partial charge on any atom is -0.455 e. The third-order valence-electron chi connectivity index (χ3n) is 11.6. The summed E-state index contributed by atoms with van der Waals surface area (Å²) < 4.78 is 16.2. The van der Waals surface area contributed by atoms with Crippen LogP contribution < -0.4 is 0 Å². The van der Waals surface area contributed by atoms with Crippen molar-refractivity contribution in [3.05, 3.63) is 156 Å². The predicted molar refractivity (Wildman–Crippen MR) is 233 cm³/mol. The summed E-state index contributed by atoms with van der Waals surface area (Å²) in [6.07, 6.45) is 0. The molecule has 0 spiro atoms. The van der Waals surface area contributed by atoms with Gasteiger partial charge in [-0.1, -0.05) is 84.9 Å². The third-order valence-corrected chi connectivity index (χ3v) is 13.5. The van der Waals surface area contributed by atoms with Crippen LogP contribution in [0.5, 0.6) is 0 Å². The van der Waals surface area contributed by atoms with Gasteiger partial charge in [0.1, 0.15) is 22.3 Å². The maximum atomic E-state index is 6.83. The Hall–Kier alpha value is -6.46. The highest BCUT2D eigenvalue weighted by Gasteiger charge is 2.22. The van der Waals surface area contributed by atoms with E-state index in [2.05, 4.69) is 156 Å². The molecule has 0 aliphatic carbocycles. The molecule has 4 heterocycles. The lowest BCUT2D eigenvalue weighted by Crippen LogP contribution is -1.89. The fourth-order valence-corrected chi connectivity index (χ4v) is 11.1. The van der Waals surface area contributed by atoms with E-state index in [4.69, 9.17) is 8.83 Å². The number of rotatable bonds is 2. The molecule has 13 aromatic rings. The Labute approximate surface area is 315 Å². The van der Waals surface area contributed by atoms with Gasteiger partial charge in [0.2, 0.25) is 0 Å². The Bertz CT molecular complexity index is 3490. The smallest absolute Gasteiger partial charge is 0.143 e. The quantitative estimate of drug-likeness (QED) is 0.131. The van der Waals surface area contributed by atoms with Gasteiger partial charge in [-0.15, -0.1) is 22.7 Å². The van der Waals surface area contributed by atoms with Crippen molar-refractivity contribution in [1.82, 2.24) is 0 Å². The van der Waals surface area contributed by atoms with Gasteiger partial charge in [0.25, 0.3) is 0 Å². The van der Waals surface area contributed by atoms with Gasteiger partial charge in [0.05, 0.1) is 0 Å². The van der Waals surface area contributed by atoms with Crippen molar-refractivity contribution < 1.29 is 8.83 Å². The van der Waals surface area contributed by atoms with Crippen LogP contribution in [0.15, 0.2) is 165 Å². The first-order valence-electron chi connectivity index (χ1n) is 18.2. The molecule has 54 heavy (non-hydrogen) atoms.